The Kier molecular flexibility index (Phi) is 9.55. The summed E-state index contributed by atoms with van der Waals surface area (Å²) < 4.78 is 0.405. The average Bonchev–Trinajstić information content (AvgIpc) is 3.05. The third kappa shape index (κ3) is 8.11. The number of nitrogens with one attached hydrogen (secondary N) is 1. The van der Waals surface area contributed by atoms with Gasteiger partial charge >= 0.3 is 0 Å². The van der Waals surface area contributed by atoms with Gasteiger partial charge in [0.25, 0.3) is 5.96 Å². The number of hydrazine groups is 1. The smallest absolute Gasteiger partial charge is 0.276 e. The normalized spacial score (nSPS) is 16.4. The van der Waals surface area contributed by atoms with Crippen LogP contribution in [0.4, 0.5) is 0 Å². The van der Waals surface area contributed by atoms with Gasteiger partial charge in [0.05, 0.1) is 19.9 Å². The van der Waals surface area contributed by atoms with Gasteiger partial charge in [-0.3, -0.25) is 10.2 Å². The van der Waals surface area contributed by atoms with E-state index in [-0.39, 0.29) is 18.5 Å². The van der Waals surface area contributed by atoms with Gasteiger partial charge in [0, 0.05) is 24.5 Å². The summed E-state index contributed by atoms with van der Waals surface area (Å²) in [4.78, 5) is 31.4. The summed E-state index contributed by atoms with van der Waals surface area (Å²) >= 11 is 7.19. The van der Waals surface area contributed by atoms with Crippen molar-refractivity contribution in [2.45, 2.75) is 58.4 Å². The van der Waals surface area contributed by atoms with Crippen LogP contribution in [-0.4, -0.2) is 57.1 Å². The number of rotatable bonds is 11. The second-order valence-electron chi connectivity index (χ2n) is 6.99. The first-order valence-electron chi connectivity index (χ1n) is 9.72. The minimum Gasteiger partial charge on any atom is -0.326 e. The third-order valence-corrected chi connectivity index (χ3v) is 5.53. The Morgan fingerprint density at radius 3 is 2.72 bits per heavy atom. The van der Waals surface area contributed by atoms with Crippen LogP contribution in [0.3, 0.4) is 0 Å². The lowest BCUT2D eigenvalue weighted by atomic mass is 10.1. The Morgan fingerprint density at radius 1 is 1.34 bits per heavy atom. The van der Waals surface area contributed by atoms with E-state index in [0.29, 0.717) is 24.1 Å². The van der Waals surface area contributed by atoms with Gasteiger partial charge < -0.3 is 9.80 Å². The minimum absolute atomic E-state index is 0.0515. The molecule has 0 unspecified atom stereocenters. The molecule has 1 N–H and O–H groups in total. The van der Waals surface area contributed by atoms with Crippen molar-refractivity contribution in [3.8, 4) is 0 Å². The number of guanidine groups is 1. The number of nitro groups is 1. The highest BCUT2D eigenvalue weighted by Crippen LogP contribution is 2.21. The van der Waals surface area contributed by atoms with E-state index in [9.17, 15) is 14.9 Å². The van der Waals surface area contributed by atoms with Gasteiger partial charge in [-0.25, -0.2) is 15.1 Å². The van der Waals surface area contributed by atoms with E-state index < -0.39 is 5.03 Å². The molecule has 1 aromatic heterocycles. The van der Waals surface area contributed by atoms with E-state index in [1.165, 1.54) is 30.6 Å². The SMILES string of the molecule is CCCCCCCCC(=O)NN1CN(C)/C(=N\[N+](=O)[O-])N(Cc2cnc(Cl)s2)C1. The number of thiazole rings is 1. The van der Waals surface area contributed by atoms with E-state index in [1.807, 2.05) is 0 Å². The molecule has 0 spiro atoms. The van der Waals surface area contributed by atoms with E-state index in [0.717, 1.165) is 24.1 Å². The van der Waals surface area contributed by atoms with Crippen LogP contribution >= 0.6 is 22.9 Å². The minimum atomic E-state index is -0.717. The first-order chi connectivity index (χ1) is 13.9. The molecule has 0 bridgehead atoms. The summed E-state index contributed by atoms with van der Waals surface area (Å²) in [7, 11) is 1.70. The summed E-state index contributed by atoms with van der Waals surface area (Å²) in [6, 6.07) is 0. The van der Waals surface area contributed by atoms with Crippen LogP contribution in [-0.2, 0) is 11.3 Å². The highest BCUT2D eigenvalue weighted by atomic mass is 35.5. The summed E-state index contributed by atoms with van der Waals surface area (Å²) in [6.07, 6.45) is 8.81. The maximum absolute atomic E-state index is 12.3. The van der Waals surface area contributed by atoms with Gasteiger partial charge in [-0.1, -0.05) is 50.6 Å². The number of hydrogen-bond donors (Lipinski definition) is 1. The summed E-state index contributed by atoms with van der Waals surface area (Å²) in [6.45, 7) is 3.10. The fraction of sp³-hybridized carbons (Fsp3) is 0.706. The number of unbranched alkanes of at least 4 members (excludes halogenated alkanes) is 5. The van der Waals surface area contributed by atoms with Crippen molar-refractivity contribution < 1.29 is 9.83 Å². The van der Waals surface area contributed by atoms with Gasteiger partial charge in [-0.2, -0.15) is 5.01 Å². The van der Waals surface area contributed by atoms with Crippen LogP contribution in [0.5, 0.6) is 0 Å². The Hall–Kier alpha value is -1.98. The van der Waals surface area contributed by atoms with Crippen molar-refractivity contribution in [3.63, 3.8) is 0 Å². The molecule has 1 aromatic rings. The van der Waals surface area contributed by atoms with Crippen molar-refractivity contribution in [1.29, 1.82) is 0 Å². The quantitative estimate of drug-likeness (QED) is 0.316. The lowest BCUT2D eigenvalue weighted by molar-refractivity contribution is -0.486. The molecule has 0 saturated carbocycles. The standard InChI is InChI=1S/C17H28ClN7O3S/c1-3-4-5-6-7-8-9-15(26)20-24-12-22(2)17(21-25(27)28)23(13-24)11-14-10-19-16(18)29-14/h10H,3-9,11-13H2,1-2H3,(H,20,26)/b21-17+. The van der Waals surface area contributed by atoms with Crippen LogP contribution in [0.1, 0.15) is 56.7 Å². The number of carbonyl (C=O) groups excluding carboxylic acids is 1. The highest BCUT2D eigenvalue weighted by Gasteiger charge is 2.30. The number of halogens is 1. The lowest BCUT2D eigenvalue weighted by Gasteiger charge is -2.41. The van der Waals surface area contributed by atoms with E-state index >= 15 is 0 Å². The molecule has 2 rings (SSSR count). The fourth-order valence-electron chi connectivity index (χ4n) is 3.12. The molecule has 1 aliphatic heterocycles. The van der Waals surface area contributed by atoms with E-state index in [4.69, 9.17) is 11.6 Å². The molecule has 0 aromatic carbocycles. The van der Waals surface area contributed by atoms with Crippen LogP contribution in [0.15, 0.2) is 11.3 Å². The largest absolute Gasteiger partial charge is 0.326 e. The second kappa shape index (κ2) is 11.9. The predicted octanol–water partition coefficient (Wildman–Crippen LogP) is 3.09. The second-order valence-corrected chi connectivity index (χ2v) is 8.69. The fourth-order valence-corrected chi connectivity index (χ4v) is 4.12. The monoisotopic (exact) mass is 445 g/mol. The predicted molar refractivity (Wildman–Crippen MR) is 113 cm³/mol. The van der Waals surface area contributed by atoms with Crippen LogP contribution < -0.4 is 5.43 Å². The van der Waals surface area contributed by atoms with Crippen LogP contribution in [0.2, 0.25) is 4.47 Å². The van der Waals surface area contributed by atoms with E-state index in [2.05, 4.69) is 22.4 Å². The molecule has 162 valence electrons. The molecule has 0 atom stereocenters. The number of amides is 1. The first-order valence-corrected chi connectivity index (χ1v) is 10.9. The molecule has 0 aliphatic carbocycles. The molecular formula is C17H28ClN7O3S. The Labute approximate surface area is 179 Å². The third-order valence-electron chi connectivity index (χ3n) is 4.43. The maximum Gasteiger partial charge on any atom is 0.276 e. The number of carbonyl (C=O) groups is 1. The maximum atomic E-state index is 12.3. The lowest BCUT2D eigenvalue weighted by Crippen LogP contribution is -2.61. The van der Waals surface area contributed by atoms with Gasteiger partial charge in [-0.15, -0.1) is 11.3 Å². The summed E-state index contributed by atoms with van der Waals surface area (Å²) in [5, 5.41) is 15.4. The number of aromatic nitrogens is 1. The molecule has 29 heavy (non-hydrogen) atoms. The molecule has 1 saturated heterocycles. The van der Waals surface area contributed by atoms with Crippen molar-refractivity contribution in [1.82, 2.24) is 25.2 Å². The molecule has 0 radical (unpaired) electrons. The molecule has 1 amide bonds. The number of hydrogen-bond acceptors (Lipinski definition) is 6. The summed E-state index contributed by atoms with van der Waals surface area (Å²) in [5.74, 6) is 0.172. The Balaban J connectivity index is 1.91. The Morgan fingerprint density at radius 2 is 2.07 bits per heavy atom. The number of hydrazone groups is 1. The van der Waals surface area contributed by atoms with Crippen LogP contribution in [0, 0.1) is 10.1 Å². The highest BCUT2D eigenvalue weighted by molar-refractivity contribution is 7.15. The number of nitrogens with zero attached hydrogens (tertiary/aromatic N) is 6. The molecule has 10 nitrogen and oxygen atoms in total. The molecule has 12 heteroatoms. The first kappa shape index (κ1) is 23.3. The van der Waals surface area contributed by atoms with Crippen molar-refractivity contribution in [3.05, 3.63) is 25.7 Å². The zero-order valence-corrected chi connectivity index (χ0v) is 18.4. The van der Waals surface area contributed by atoms with Gasteiger partial charge in [0.2, 0.25) is 5.91 Å². The van der Waals surface area contributed by atoms with Crippen LogP contribution in [0.25, 0.3) is 0 Å². The van der Waals surface area contributed by atoms with Crippen molar-refractivity contribution in [2.75, 3.05) is 20.4 Å². The zero-order chi connectivity index (χ0) is 21.2. The van der Waals surface area contributed by atoms with Crippen molar-refractivity contribution in [2.24, 2.45) is 5.10 Å². The molecule has 2 heterocycles. The summed E-state index contributed by atoms with van der Waals surface area (Å²) in [5.41, 5.74) is 2.89. The molecular weight excluding hydrogens is 418 g/mol. The van der Waals surface area contributed by atoms with Gasteiger partial charge in [0.1, 0.15) is 5.10 Å². The average molecular weight is 446 g/mol. The van der Waals surface area contributed by atoms with Gasteiger partial charge in [0.15, 0.2) is 9.50 Å². The molecule has 1 aliphatic rings. The van der Waals surface area contributed by atoms with Crippen molar-refractivity contribution >= 4 is 34.8 Å². The Bertz CT molecular complexity index is 715. The van der Waals surface area contributed by atoms with E-state index in [1.54, 1.807) is 28.1 Å². The van der Waals surface area contributed by atoms with Gasteiger partial charge in [-0.05, 0) is 6.42 Å². The topological polar surface area (TPSA) is 107 Å². The zero-order valence-electron chi connectivity index (χ0n) is 16.8. The molecule has 1 fully saturated rings.